The van der Waals surface area contributed by atoms with E-state index in [4.69, 9.17) is 10.9 Å². The van der Waals surface area contributed by atoms with Crippen LogP contribution in [0.1, 0.15) is 16.8 Å². The minimum absolute atomic E-state index is 0.0832. The number of aromatic nitrogens is 2. The second kappa shape index (κ2) is 4.87. The number of aryl methyl sites for hydroxylation is 1. The standard InChI is InChI=1S/C12H13FN4O/c1-8-5-6-15-17(8)7-9-3-2-4-10(11(9)13)12(14)16-18/h2-6,18H,7H2,1H3,(H2,14,16). The Hall–Kier alpha value is -2.37. The summed E-state index contributed by atoms with van der Waals surface area (Å²) in [6.07, 6.45) is 1.65. The third kappa shape index (κ3) is 2.17. The molecule has 0 atom stereocenters. The largest absolute Gasteiger partial charge is 0.409 e. The van der Waals surface area contributed by atoms with Crippen molar-refractivity contribution in [3.8, 4) is 0 Å². The fourth-order valence-electron chi connectivity index (χ4n) is 1.68. The Morgan fingerprint density at radius 3 is 2.89 bits per heavy atom. The molecule has 0 saturated carbocycles. The second-order valence-corrected chi connectivity index (χ2v) is 3.89. The maximum Gasteiger partial charge on any atom is 0.173 e. The molecule has 1 aromatic heterocycles. The van der Waals surface area contributed by atoms with Crippen molar-refractivity contribution in [2.45, 2.75) is 13.5 Å². The maximum atomic E-state index is 14.1. The Kier molecular flexibility index (Phi) is 3.27. The van der Waals surface area contributed by atoms with Gasteiger partial charge in [0.2, 0.25) is 0 Å². The first-order valence-electron chi connectivity index (χ1n) is 5.37. The van der Waals surface area contributed by atoms with Crippen molar-refractivity contribution in [3.63, 3.8) is 0 Å². The molecule has 0 fully saturated rings. The quantitative estimate of drug-likeness (QED) is 0.374. The second-order valence-electron chi connectivity index (χ2n) is 3.89. The van der Waals surface area contributed by atoms with Gasteiger partial charge in [0.05, 0.1) is 12.1 Å². The molecule has 94 valence electrons. The van der Waals surface area contributed by atoms with Gasteiger partial charge in [-0.05, 0) is 19.1 Å². The molecule has 1 aromatic carbocycles. The zero-order valence-electron chi connectivity index (χ0n) is 9.84. The summed E-state index contributed by atoms with van der Waals surface area (Å²) in [7, 11) is 0. The SMILES string of the molecule is Cc1ccnn1Cc1cccc(/C(N)=N/O)c1F. The Balaban J connectivity index is 2.38. The van der Waals surface area contributed by atoms with Crippen molar-refractivity contribution in [1.29, 1.82) is 0 Å². The Morgan fingerprint density at radius 1 is 1.50 bits per heavy atom. The van der Waals surface area contributed by atoms with E-state index in [0.717, 1.165) is 5.69 Å². The molecule has 0 amide bonds. The average molecular weight is 248 g/mol. The fourth-order valence-corrected chi connectivity index (χ4v) is 1.68. The molecule has 0 unspecified atom stereocenters. The number of amidine groups is 1. The summed E-state index contributed by atoms with van der Waals surface area (Å²) >= 11 is 0. The average Bonchev–Trinajstić information content (AvgIpc) is 2.77. The van der Waals surface area contributed by atoms with Gasteiger partial charge in [0.1, 0.15) is 5.82 Å². The lowest BCUT2D eigenvalue weighted by molar-refractivity contribution is 0.318. The van der Waals surface area contributed by atoms with Crippen molar-refractivity contribution >= 4 is 5.84 Å². The van der Waals surface area contributed by atoms with E-state index in [9.17, 15) is 4.39 Å². The van der Waals surface area contributed by atoms with Crippen molar-refractivity contribution < 1.29 is 9.60 Å². The van der Waals surface area contributed by atoms with Gasteiger partial charge in [0.15, 0.2) is 5.84 Å². The molecule has 0 radical (unpaired) electrons. The Morgan fingerprint density at radius 2 is 2.28 bits per heavy atom. The van der Waals surface area contributed by atoms with Crippen LogP contribution in [0.2, 0.25) is 0 Å². The monoisotopic (exact) mass is 248 g/mol. The lowest BCUT2D eigenvalue weighted by Crippen LogP contribution is -2.17. The number of hydrogen-bond donors (Lipinski definition) is 2. The van der Waals surface area contributed by atoms with Gasteiger partial charge in [0.25, 0.3) is 0 Å². The van der Waals surface area contributed by atoms with Crippen LogP contribution in [0.3, 0.4) is 0 Å². The molecule has 0 aliphatic heterocycles. The molecule has 0 bridgehead atoms. The van der Waals surface area contributed by atoms with Crippen LogP contribution >= 0.6 is 0 Å². The predicted octanol–water partition coefficient (Wildman–Crippen LogP) is 1.47. The Labute approximate surface area is 103 Å². The Bertz CT molecular complexity index is 592. The third-order valence-corrected chi connectivity index (χ3v) is 2.71. The van der Waals surface area contributed by atoms with Gasteiger partial charge in [-0.15, -0.1) is 0 Å². The molecular weight excluding hydrogens is 235 g/mol. The molecular formula is C12H13FN4O. The highest BCUT2D eigenvalue weighted by atomic mass is 19.1. The van der Waals surface area contributed by atoms with Crippen LogP contribution in [-0.4, -0.2) is 20.8 Å². The summed E-state index contributed by atoms with van der Waals surface area (Å²) in [5.74, 6) is -0.741. The highest BCUT2D eigenvalue weighted by Crippen LogP contribution is 2.14. The molecule has 0 aliphatic rings. The van der Waals surface area contributed by atoms with Gasteiger partial charge in [-0.2, -0.15) is 5.10 Å². The van der Waals surface area contributed by atoms with E-state index >= 15 is 0 Å². The lowest BCUT2D eigenvalue weighted by atomic mass is 10.1. The molecule has 6 heteroatoms. The number of oxime groups is 1. The summed E-state index contributed by atoms with van der Waals surface area (Å²) in [6.45, 7) is 2.19. The maximum absolute atomic E-state index is 14.1. The molecule has 1 heterocycles. The van der Waals surface area contributed by atoms with Crippen LogP contribution in [0.25, 0.3) is 0 Å². The van der Waals surface area contributed by atoms with Crippen LogP contribution in [0, 0.1) is 12.7 Å². The van der Waals surface area contributed by atoms with Gasteiger partial charge >= 0.3 is 0 Å². The lowest BCUT2D eigenvalue weighted by Gasteiger charge is -2.08. The van der Waals surface area contributed by atoms with Crippen molar-refractivity contribution in [2.24, 2.45) is 10.9 Å². The number of hydrogen-bond acceptors (Lipinski definition) is 3. The number of benzene rings is 1. The first-order chi connectivity index (χ1) is 8.63. The van der Waals surface area contributed by atoms with Gasteiger partial charge in [-0.3, -0.25) is 4.68 Å². The van der Waals surface area contributed by atoms with Crippen LogP contribution in [0.5, 0.6) is 0 Å². The molecule has 5 nitrogen and oxygen atoms in total. The smallest absolute Gasteiger partial charge is 0.173 e. The van der Waals surface area contributed by atoms with E-state index in [1.165, 1.54) is 6.07 Å². The summed E-state index contributed by atoms with van der Waals surface area (Å²) < 4.78 is 15.8. The van der Waals surface area contributed by atoms with Gasteiger partial charge in [-0.25, -0.2) is 4.39 Å². The van der Waals surface area contributed by atoms with E-state index in [1.54, 1.807) is 23.0 Å². The predicted molar refractivity (Wildman–Crippen MR) is 65.0 cm³/mol. The van der Waals surface area contributed by atoms with E-state index in [2.05, 4.69) is 10.3 Å². The van der Waals surface area contributed by atoms with Gasteiger partial charge in [0, 0.05) is 17.5 Å². The summed E-state index contributed by atoms with van der Waals surface area (Å²) in [5, 5.41) is 15.5. The number of nitrogens with two attached hydrogens (primary N) is 1. The summed E-state index contributed by atoms with van der Waals surface area (Å²) in [5.41, 5.74) is 6.86. The van der Waals surface area contributed by atoms with E-state index in [0.29, 0.717) is 12.1 Å². The molecule has 2 rings (SSSR count). The van der Waals surface area contributed by atoms with Crippen molar-refractivity contribution in [3.05, 3.63) is 53.1 Å². The summed E-state index contributed by atoms with van der Waals surface area (Å²) in [4.78, 5) is 0. The van der Waals surface area contributed by atoms with E-state index in [1.807, 2.05) is 13.0 Å². The zero-order chi connectivity index (χ0) is 13.1. The van der Waals surface area contributed by atoms with Crippen LogP contribution in [0.15, 0.2) is 35.6 Å². The van der Waals surface area contributed by atoms with Crippen molar-refractivity contribution in [2.75, 3.05) is 0 Å². The zero-order valence-corrected chi connectivity index (χ0v) is 9.84. The normalized spacial score (nSPS) is 11.8. The summed E-state index contributed by atoms with van der Waals surface area (Å²) in [6, 6.07) is 6.60. The first-order valence-corrected chi connectivity index (χ1v) is 5.37. The highest BCUT2D eigenvalue weighted by Gasteiger charge is 2.12. The molecule has 3 N–H and O–H groups in total. The molecule has 2 aromatic rings. The molecule has 18 heavy (non-hydrogen) atoms. The van der Waals surface area contributed by atoms with E-state index < -0.39 is 5.82 Å². The minimum Gasteiger partial charge on any atom is -0.409 e. The third-order valence-electron chi connectivity index (χ3n) is 2.71. The van der Waals surface area contributed by atoms with Crippen LogP contribution in [0.4, 0.5) is 4.39 Å². The minimum atomic E-state index is -0.497. The first kappa shape index (κ1) is 12.1. The number of rotatable bonds is 3. The molecule has 0 saturated heterocycles. The fraction of sp³-hybridized carbons (Fsp3) is 0.167. The van der Waals surface area contributed by atoms with Gasteiger partial charge < -0.3 is 10.9 Å². The molecule has 0 aliphatic carbocycles. The van der Waals surface area contributed by atoms with Crippen LogP contribution < -0.4 is 5.73 Å². The number of nitrogens with zero attached hydrogens (tertiary/aromatic N) is 3. The highest BCUT2D eigenvalue weighted by molar-refractivity contribution is 5.97. The van der Waals surface area contributed by atoms with Gasteiger partial charge in [-0.1, -0.05) is 17.3 Å². The number of halogens is 1. The topological polar surface area (TPSA) is 76.4 Å². The van der Waals surface area contributed by atoms with Crippen LogP contribution in [-0.2, 0) is 6.54 Å². The van der Waals surface area contributed by atoms with E-state index in [-0.39, 0.29) is 11.4 Å². The molecule has 0 spiro atoms. The van der Waals surface area contributed by atoms with Crippen molar-refractivity contribution in [1.82, 2.24) is 9.78 Å².